The van der Waals surface area contributed by atoms with Gasteiger partial charge < -0.3 is 33.9 Å². The number of phosphoric ester groups is 1. The fourth-order valence-electron chi connectivity index (χ4n) is 10.5. The van der Waals surface area contributed by atoms with Crippen LogP contribution in [0, 0.1) is 11.3 Å². The number of hydrogen-bond acceptors (Lipinski definition) is 13. The van der Waals surface area contributed by atoms with E-state index >= 15 is 4.57 Å². The van der Waals surface area contributed by atoms with Crippen molar-refractivity contribution >= 4 is 30.8 Å². The summed E-state index contributed by atoms with van der Waals surface area (Å²) in [6.45, 7) is 9.25. The van der Waals surface area contributed by atoms with Crippen LogP contribution in [0.25, 0.3) is 5.52 Å². The summed E-state index contributed by atoms with van der Waals surface area (Å²) in [5.41, 5.74) is 3.99. The average molecular weight is 1040 g/mol. The van der Waals surface area contributed by atoms with Crippen molar-refractivity contribution in [2.75, 3.05) is 32.2 Å². The lowest BCUT2D eigenvalue weighted by atomic mass is 9.90. The number of aromatic nitrogens is 3. The molecule has 4 heterocycles. The van der Waals surface area contributed by atoms with Gasteiger partial charge in [-0.25, -0.2) is 14.1 Å². The predicted octanol–water partition coefficient (Wildman–Crippen LogP) is 14.9. The van der Waals surface area contributed by atoms with E-state index in [0.29, 0.717) is 24.4 Å². The summed E-state index contributed by atoms with van der Waals surface area (Å²) in [6, 6.07) is 12.5. The Hall–Kier alpha value is -2.83. The summed E-state index contributed by atoms with van der Waals surface area (Å²) in [4.78, 5) is 4.09. The lowest BCUT2D eigenvalue weighted by Crippen LogP contribution is -2.46. The van der Waals surface area contributed by atoms with E-state index < -0.39 is 49.2 Å². The normalized spacial score (nSPS) is 23.2. The summed E-state index contributed by atoms with van der Waals surface area (Å²) in [5, 5.41) is 15.5. The lowest BCUT2D eigenvalue weighted by Gasteiger charge is -2.31. The van der Waals surface area contributed by atoms with Gasteiger partial charge in [-0.15, -0.1) is 0 Å². The molecule has 72 heavy (non-hydrogen) atoms. The minimum atomic E-state index is -4.53. The second-order valence-corrected chi connectivity index (χ2v) is 22.9. The number of benzene rings is 1. The van der Waals surface area contributed by atoms with Gasteiger partial charge in [-0.3, -0.25) is 9.05 Å². The van der Waals surface area contributed by atoms with E-state index in [0.717, 1.165) is 32.1 Å². The summed E-state index contributed by atoms with van der Waals surface area (Å²) in [7, 11) is -4.53. The minimum Gasteiger partial charge on any atom is -0.402 e. The van der Waals surface area contributed by atoms with Gasteiger partial charge in [0.15, 0.2) is 17.2 Å². The monoisotopic (exact) mass is 1040 g/mol. The second kappa shape index (κ2) is 30.0. The molecule has 6 rings (SSSR count). The van der Waals surface area contributed by atoms with Crippen LogP contribution in [-0.2, 0) is 42.9 Å². The first kappa shape index (κ1) is 58.4. The molecular weight excluding hydrogens is 953 g/mol. The first-order valence-electron chi connectivity index (χ1n) is 28.1. The maximum atomic E-state index is 15.1. The Kier molecular flexibility index (Phi) is 24.4. The molecule has 14 nitrogen and oxygen atoms in total. The summed E-state index contributed by atoms with van der Waals surface area (Å²) in [5.74, 6) is -0.813. The molecule has 2 unspecified atom stereocenters. The quantitative estimate of drug-likeness (QED) is 0.0421. The zero-order chi connectivity index (χ0) is 51.1. The summed E-state index contributed by atoms with van der Waals surface area (Å²) >= 11 is 6.57. The van der Waals surface area contributed by atoms with Crippen LogP contribution in [0.3, 0.4) is 0 Å². The molecule has 1 saturated carbocycles. The first-order valence-corrected chi connectivity index (χ1v) is 30.0. The van der Waals surface area contributed by atoms with Crippen LogP contribution in [0.5, 0.6) is 5.75 Å². The van der Waals surface area contributed by atoms with Crippen molar-refractivity contribution in [3.05, 3.63) is 53.4 Å². The number of nitrogens with two attached hydrogens (primary N) is 1. The third kappa shape index (κ3) is 16.6. The van der Waals surface area contributed by atoms with Crippen molar-refractivity contribution in [3.63, 3.8) is 0 Å². The van der Waals surface area contributed by atoms with Gasteiger partial charge in [0.05, 0.1) is 23.9 Å². The van der Waals surface area contributed by atoms with Crippen LogP contribution >= 0.6 is 19.4 Å². The van der Waals surface area contributed by atoms with E-state index in [9.17, 15) is 5.26 Å². The highest BCUT2D eigenvalue weighted by Crippen LogP contribution is 2.70. The molecule has 2 N–H and O–H groups in total. The Balaban J connectivity index is 1.03. The highest BCUT2D eigenvalue weighted by Gasteiger charge is 2.89. The maximum absolute atomic E-state index is 15.1. The molecule has 3 aliphatic rings. The second-order valence-electron chi connectivity index (χ2n) is 21.0. The van der Waals surface area contributed by atoms with Crippen molar-refractivity contribution in [1.29, 1.82) is 5.26 Å². The molecule has 2 aliphatic heterocycles. The van der Waals surface area contributed by atoms with E-state index in [1.54, 1.807) is 50.2 Å². The highest BCUT2D eigenvalue weighted by atomic mass is 35.5. The van der Waals surface area contributed by atoms with Gasteiger partial charge in [0.25, 0.3) is 0 Å². The Morgan fingerprint density at radius 2 is 1.29 bits per heavy atom. The van der Waals surface area contributed by atoms with Gasteiger partial charge in [0.1, 0.15) is 48.1 Å². The number of hydrogen-bond donors (Lipinski definition) is 1. The predicted molar refractivity (Wildman–Crippen MR) is 284 cm³/mol. The smallest absolute Gasteiger partial charge is 0.402 e. The number of nitrogens with zero attached hydrogens (tertiary/aromatic N) is 4. The van der Waals surface area contributed by atoms with Crippen LogP contribution in [0.2, 0.25) is 5.02 Å². The van der Waals surface area contributed by atoms with Gasteiger partial charge in [0, 0.05) is 13.2 Å². The molecule has 1 aliphatic carbocycles. The number of nitriles is 1. The Morgan fingerprint density at radius 1 is 0.750 bits per heavy atom. The van der Waals surface area contributed by atoms with Gasteiger partial charge in [-0.05, 0) is 51.0 Å². The molecule has 1 spiro atoms. The molecule has 2 aromatic heterocycles. The number of halogens is 1. The fraction of sp³-hybridized carbons (Fsp3) is 0.768. The molecule has 7 atom stereocenters. The van der Waals surface area contributed by atoms with Crippen LogP contribution in [-0.4, -0.2) is 76.8 Å². The lowest BCUT2D eigenvalue weighted by molar-refractivity contribution is -0.188. The first-order chi connectivity index (χ1) is 35.0. The number of unbranched alkanes of at least 4 members (excludes halogenated alkanes) is 26. The van der Waals surface area contributed by atoms with Crippen LogP contribution < -0.4 is 10.3 Å². The van der Waals surface area contributed by atoms with E-state index in [4.69, 9.17) is 54.6 Å². The third-order valence-electron chi connectivity index (χ3n) is 14.5. The molecule has 3 fully saturated rings. The minimum absolute atomic E-state index is 0.115. The summed E-state index contributed by atoms with van der Waals surface area (Å²) in [6.07, 6.45) is 33.6. The van der Waals surface area contributed by atoms with Crippen LogP contribution in [0.15, 0.2) is 42.7 Å². The van der Waals surface area contributed by atoms with E-state index in [-0.39, 0.29) is 29.8 Å². The number of phosphoric acid groups is 1. The Bertz CT molecular complexity index is 2120. The number of ether oxygens (including phenoxy) is 5. The largest absolute Gasteiger partial charge is 0.530 e. The van der Waals surface area contributed by atoms with Crippen molar-refractivity contribution in [2.45, 2.75) is 249 Å². The molecule has 1 aromatic carbocycles. The molecule has 0 bridgehead atoms. The van der Waals surface area contributed by atoms with E-state index in [2.05, 4.69) is 30.0 Å². The van der Waals surface area contributed by atoms with Gasteiger partial charge >= 0.3 is 7.82 Å². The van der Waals surface area contributed by atoms with E-state index in [1.165, 1.54) is 159 Å². The Morgan fingerprint density at radius 3 is 1.85 bits per heavy atom. The van der Waals surface area contributed by atoms with Crippen LogP contribution in [0.4, 0.5) is 5.82 Å². The highest BCUT2D eigenvalue weighted by molar-refractivity contribution is 7.49. The van der Waals surface area contributed by atoms with Crippen molar-refractivity contribution in [3.8, 4) is 11.8 Å². The summed E-state index contributed by atoms with van der Waals surface area (Å²) < 4.78 is 67.7. The molecule has 0 amide bonds. The molecule has 3 aromatic rings. The molecule has 404 valence electrons. The zero-order valence-electron chi connectivity index (χ0n) is 44.3. The fourth-order valence-corrected chi connectivity index (χ4v) is 12.2. The standard InChI is InChI=1S/C56H89ClN5O9P/c1-5-7-9-11-13-15-17-19-21-23-25-27-29-33-39-64-41-45(65-40-34-30-28-26-24-22-20-18-16-14-12-10-8-6-2)42-66-72(63,69-48-36-32-31-35-46(48)57)70-51-50-56(51)53(68-54(3,4)71-56)55(43-58,67-50)49-38-37-47-52(59)60-44-61-62(47)49/h31-32,35-38,44-45,50-51,53H,5-30,33-34,39-42H2,1-4H3,(H2,59,60,61)/t45-,50-,51?,53+,55+,56+,72?/m1/s1. The van der Waals surface area contributed by atoms with Gasteiger partial charge in [0.2, 0.25) is 5.60 Å². The maximum Gasteiger partial charge on any atom is 0.530 e. The van der Waals surface area contributed by atoms with Crippen molar-refractivity contribution < 1.29 is 41.8 Å². The zero-order valence-corrected chi connectivity index (χ0v) is 46.0. The number of rotatable bonds is 41. The van der Waals surface area contributed by atoms with E-state index in [1.807, 2.05) is 0 Å². The SMILES string of the molecule is CCCCCCCCCCCCCCCCOC[C@H](COP(=O)(Oc1ccccc1Cl)OC1[C@H]2O[C@@](C#N)(c3ccc4c(N)ncnn34)[C@@H]3OC(C)(C)O[C@]123)OCCCCCCCCCCCCCCCC. The molecule has 0 radical (unpaired) electrons. The number of nitrogen functional groups attached to an aromatic ring is 1. The van der Waals surface area contributed by atoms with Gasteiger partial charge in [-0.2, -0.15) is 10.4 Å². The molecular formula is C56H89ClN5O9P. The topological polar surface area (TPSA) is 171 Å². The molecule has 2 saturated heterocycles. The number of para-hydroxylation sites is 1. The van der Waals surface area contributed by atoms with Crippen LogP contribution in [0.1, 0.15) is 213 Å². The Labute approximate surface area is 437 Å². The number of fused-ring (bicyclic) bond motifs is 1. The number of anilines is 1. The molecule has 16 heteroatoms. The van der Waals surface area contributed by atoms with Crippen molar-refractivity contribution in [1.82, 2.24) is 14.6 Å². The third-order valence-corrected chi connectivity index (χ3v) is 16.2. The average Bonchev–Trinajstić information content (AvgIpc) is 3.67. The van der Waals surface area contributed by atoms with Crippen molar-refractivity contribution in [2.24, 2.45) is 0 Å². The van der Waals surface area contributed by atoms with Gasteiger partial charge in [-0.1, -0.05) is 205 Å².